The van der Waals surface area contributed by atoms with E-state index in [0.29, 0.717) is 29.4 Å². The van der Waals surface area contributed by atoms with Crippen molar-refractivity contribution in [1.29, 1.82) is 0 Å². The molecular formula is C23H19NO4S. The predicted molar refractivity (Wildman–Crippen MR) is 112 cm³/mol. The number of thiophene rings is 1. The van der Waals surface area contributed by atoms with Crippen LogP contribution in [-0.4, -0.2) is 30.2 Å². The van der Waals surface area contributed by atoms with Crippen LogP contribution in [0.15, 0.2) is 71.8 Å². The van der Waals surface area contributed by atoms with Crippen molar-refractivity contribution in [3.8, 4) is 11.5 Å². The van der Waals surface area contributed by atoms with Gasteiger partial charge in [0.1, 0.15) is 11.5 Å². The average Bonchev–Trinajstić information content (AvgIpc) is 3.35. The predicted octanol–water partition coefficient (Wildman–Crippen LogP) is 4.40. The number of carbonyl (C=O) groups is 2. The number of rotatable bonds is 6. The number of ether oxygens (including phenoxy) is 2. The number of ketones is 1. The van der Waals surface area contributed by atoms with Crippen molar-refractivity contribution >= 4 is 29.1 Å². The number of allylic oxidation sites excluding steroid dienone is 1. The molecule has 2 heterocycles. The molecule has 2 aromatic carbocycles. The van der Waals surface area contributed by atoms with E-state index in [1.807, 2.05) is 47.8 Å². The molecule has 6 heteroatoms. The third-order valence-corrected chi connectivity index (χ3v) is 5.33. The van der Waals surface area contributed by atoms with Gasteiger partial charge in [0, 0.05) is 30.6 Å². The lowest BCUT2D eigenvalue weighted by atomic mass is 10.1. The number of carbonyl (C=O) groups excluding carboxylic acids is 2. The summed E-state index contributed by atoms with van der Waals surface area (Å²) in [6.07, 6.45) is 1.73. The lowest BCUT2D eigenvalue weighted by Gasteiger charge is -2.17. The molecule has 0 radical (unpaired) electrons. The Labute approximate surface area is 172 Å². The van der Waals surface area contributed by atoms with Gasteiger partial charge in [-0.05, 0) is 29.1 Å². The van der Waals surface area contributed by atoms with Crippen molar-refractivity contribution in [3.63, 3.8) is 0 Å². The van der Waals surface area contributed by atoms with Gasteiger partial charge in [0.05, 0.1) is 5.56 Å². The summed E-state index contributed by atoms with van der Waals surface area (Å²) in [4.78, 5) is 27.4. The number of fused-ring (bicyclic) bond motifs is 1. The van der Waals surface area contributed by atoms with Crippen molar-refractivity contribution < 1.29 is 19.1 Å². The highest BCUT2D eigenvalue weighted by Crippen LogP contribution is 2.35. The van der Waals surface area contributed by atoms with E-state index in [-0.39, 0.29) is 18.3 Å². The first-order valence-corrected chi connectivity index (χ1v) is 10.0. The van der Waals surface area contributed by atoms with E-state index in [2.05, 4.69) is 0 Å². The number of hydrogen-bond acceptors (Lipinski definition) is 5. The summed E-state index contributed by atoms with van der Waals surface area (Å²) in [5.41, 5.74) is 1.55. The van der Waals surface area contributed by atoms with Gasteiger partial charge in [-0.25, -0.2) is 0 Å². The Morgan fingerprint density at radius 2 is 1.97 bits per heavy atom. The van der Waals surface area contributed by atoms with Gasteiger partial charge >= 0.3 is 0 Å². The fourth-order valence-corrected chi connectivity index (χ4v) is 3.61. The largest absolute Gasteiger partial charge is 0.484 e. The summed E-state index contributed by atoms with van der Waals surface area (Å²) < 4.78 is 11.3. The summed E-state index contributed by atoms with van der Waals surface area (Å²) in [5, 5.41) is 1.94. The SMILES string of the molecule is CN(Cc1ccccc1)C(=O)COc1ccc2c(c1)OC(=Cc1cccs1)C2=O. The Morgan fingerprint density at radius 1 is 1.14 bits per heavy atom. The van der Waals surface area contributed by atoms with Crippen LogP contribution in [0.1, 0.15) is 20.8 Å². The molecular weight excluding hydrogens is 386 g/mol. The van der Waals surface area contributed by atoms with E-state index in [0.717, 1.165) is 10.4 Å². The molecule has 1 amide bonds. The zero-order valence-corrected chi connectivity index (χ0v) is 16.6. The highest BCUT2D eigenvalue weighted by Gasteiger charge is 2.28. The second-order valence-corrected chi connectivity index (χ2v) is 7.62. The number of amides is 1. The maximum Gasteiger partial charge on any atom is 0.260 e. The second kappa shape index (κ2) is 8.32. The first kappa shape index (κ1) is 19.0. The first-order chi connectivity index (χ1) is 14.1. The summed E-state index contributed by atoms with van der Waals surface area (Å²) in [7, 11) is 1.74. The standard InChI is InChI=1S/C23H19NO4S/c1-24(14-16-6-3-2-4-7-16)22(25)15-27-17-9-10-19-20(12-17)28-21(23(19)26)13-18-8-5-11-29-18/h2-13H,14-15H2,1H3. The van der Waals surface area contributed by atoms with Gasteiger partial charge in [-0.2, -0.15) is 0 Å². The van der Waals surface area contributed by atoms with Crippen LogP contribution in [0.3, 0.4) is 0 Å². The van der Waals surface area contributed by atoms with Crippen LogP contribution in [0.4, 0.5) is 0 Å². The molecule has 0 atom stereocenters. The Bertz CT molecular complexity index is 1060. The fraction of sp³-hybridized carbons (Fsp3) is 0.130. The molecule has 0 N–H and O–H groups in total. The fourth-order valence-electron chi connectivity index (χ4n) is 2.96. The van der Waals surface area contributed by atoms with Crippen molar-refractivity contribution in [1.82, 2.24) is 4.90 Å². The normalized spacial score (nSPS) is 13.8. The summed E-state index contributed by atoms with van der Waals surface area (Å²) in [5.74, 6) is 0.928. The molecule has 0 fully saturated rings. The van der Waals surface area contributed by atoms with Crippen LogP contribution >= 0.6 is 11.3 Å². The van der Waals surface area contributed by atoms with Gasteiger partial charge in [-0.15, -0.1) is 11.3 Å². The van der Waals surface area contributed by atoms with Gasteiger partial charge in [-0.1, -0.05) is 36.4 Å². The van der Waals surface area contributed by atoms with E-state index < -0.39 is 0 Å². The third kappa shape index (κ3) is 4.38. The highest BCUT2D eigenvalue weighted by atomic mass is 32.1. The van der Waals surface area contributed by atoms with Gasteiger partial charge in [0.15, 0.2) is 12.4 Å². The number of likely N-dealkylation sites (N-methyl/N-ethyl adjacent to an activating group) is 1. The third-order valence-electron chi connectivity index (χ3n) is 4.51. The maximum absolute atomic E-state index is 12.5. The second-order valence-electron chi connectivity index (χ2n) is 6.64. The number of hydrogen-bond donors (Lipinski definition) is 0. The molecule has 29 heavy (non-hydrogen) atoms. The molecule has 5 nitrogen and oxygen atoms in total. The molecule has 1 aliphatic heterocycles. The summed E-state index contributed by atoms with van der Waals surface area (Å²) in [6.45, 7) is 0.426. The van der Waals surface area contributed by atoms with Crippen molar-refractivity contribution in [3.05, 3.63) is 87.8 Å². The topological polar surface area (TPSA) is 55.8 Å². The Morgan fingerprint density at radius 3 is 2.72 bits per heavy atom. The molecule has 1 aliphatic rings. The zero-order valence-electron chi connectivity index (χ0n) is 15.8. The van der Waals surface area contributed by atoms with E-state index in [1.54, 1.807) is 36.2 Å². The Hall–Kier alpha value is -3.38. The van der Waals surface area contributed by atoms with E-state index in [9.17, 15) is 9.59 Å². The number of Topliss-reactive ketones (excluding diaryl/α,β-unsaturated/α-hetero) is 1. The molecule has 0 saturated carbocycles. The van der Waals surface area contributed by atoms with Crippen LogP contribution in [0.2, 0.25) is 0 Å². The minimum Gasteiger partial charge on any atom is -0.484 e. The van der Waals surface area contributed by atoms with E-state index in [1.165, 1.54) is 11.3 Å². The lowest BCUT2D eigenvalue weighted by Crippen LogP contribution is -2.30. The van der Waals surface area contributed by atoms with Gasteiger partial charge in [-0.3, -0.25) is 9.59 Å². The average molecular weight is 405 g/mol. The van der Waals surface area contributed by atoms with Crippen molar-refractivity contribution in [2.75, 3.05) is 13.7 Å². The maximum atomic E-state index is 12.5. The first-order valence-electron chi connectivity index (χ1n) is 9.12. The van der Waals surface area contributed by atoms with E-state index in [4.69, 9.17) is 9.47 Å². The summed E-state index contributed by atoms with van der Waals surface area (Å²) >= 11 is 1.53. The molecule has 0 spiro atoms. The molecule has 146 valence electrons. The lowest BCUT2D eigenvalue weighted by molar-refractivity contribution is -0.132. The Kier molecular flexibility index (Phi) is 5.44. The quantitative estimate of drug-likeness (QED) is 0.571. The number of benzene rings is 2. The minimum atomic E-state index is -0.154. The smallest absolute Gasteiger partial charge is 0.260 e. The van der Waals surface area contributed by atoms with Gasteiger partial charge in [0.2, 0.25) is 5.78 Å². The minimum absolute atomic E-state index is 0.0893. The highest BCUT2D eigenvalue weighted by molar-refractivity contribution is 7.10. The molecule has 4 rings (SSSR count). The molecule has 1 aromatic heterocycles. The summed E-state index contributed by atoms with van der Waals surface area (Å²) in [6, 6.07) is 18.6. The van der Waals surface area contributed by atoms with Crippen molar-refractivity contribution in [2.45, 2.75) is 6.54 Å². The molecule has 0 saturated heterocycles. The monoisotopic (exact) mass is 405 g/mol. The molecule has 3 aromatic rings. The Balaban J connectivity index is 1.38. The van der Waals surface area contributed by atoms with Gasteiger partial charge < -0.3 is 14.4 Å². The van der Waals surface area contributed by atoms with Crippen molar-refractivity contribution in [2.24, 2.45) is 0 Å². The van der Waals surface area contributed by atoms with Crippen LogP contribution in [0.25, 0.3) is 6.08 Å². The molecule has 0 aliphatic carbocycles. The molecule has 0 bridgehead atoms. The van der Waals surface area contributed by atoms with Crippen LogP contribution < -0.4 is 9.47 Å². The van der Waals surface area contributed by atoms with E-state index >= 15 is 0 Å². The molecule has 0 unspecified atom stereocenters. The van der Waals surface area contributed by atoms with Crippen LogP contribution in [0, 0.1) is 0 Å². The zero-order chi connectivity index (χ0) is 20.2. The number of nitrogens with zero attached hydrogens (tertiary/aromatic N) is 1. The van der Waals surface area contributed by atoms with Gasteiger partial charge in [0.25, 0.3) is 5.91 Å². The van der Waals surface area contributed by atoms with Crippen LogP contribution in [0.5, 0.6) is 11.5 Å². The van der Waals surface area contributed by atoms with Crippen LogP contribution in [-0.2, 0) is 11.3 Å².